The molecular formula is C20H23NO4S. The Morgan fingerprint density at radius 2 is 1.92 bits per heavy atom. The average Bonchev–Trinajstić information content (AvgIpc) is 3.02. The minimum absolute atomic E-state index is 0.0392. The fraction of sp³-hybridized carbons (Fsp3) is 0.350. The Morgan fingerprint density at radius 1 is 1.15 bits per heavy atom. The van der Waals surface area contributed by atoms with Gasteiger partial charge in [-0.1, -0.05) is 36.4 Å². The summed E-state index contributed by atoms with van der Waals surface area (Å²) in [4.78, 5) is 14.8. The number of nitrogens with zero attached hydrogens (tertiary/aromatic N) is 1. The van der Waals surface area contributed by atoms with Crippen LogP contribution in [0, 0.1) is 0 Å². The highest BCUT2D eigenvalue weighted by Gasteiger charge is 2.34. The van der Waals surface area contributed by atoms with E-state index < -0.39 is 9.84 Å². The van der Waals surface area contributed by atoms with Gasteiger partial charge in [0.2, 0.25) is 0 Å². The number of benzene rings is 2. The second-order valence-electron chi connectivity index (χ2n) is 6.52. The second kappa shape index (κ2) is 7.91. The molecule has 0 spiro atoms. The van der Waals surface area contributed by atoms with Gasteiger partial charge in [0.1, 0.15) is 5.75 Å². The van der Waals surface area contributed by atoms with Gasteiger partial charge in [0.05, 0.1) is 18.6 Å². The summed E-state index contributed by atoms with van der Waals surface area (Å²) < 4.78 is 29.0. The first-order valence-corrected chi connectivity index (χ1v) is 10.5. The Bertz CT molecular complexity index is 864. The van der Waals surface area contributed by atoms with Crippen molar-refractivity contribution in [3.05, 3.63) is 65.7 Å². The molecule has 2 aromatic carbocycles. The van der Waals surface area contributed by atoms with Crippen LogP contribution in [-0.2, 0) is 16.3 Å². The van der Waals surface area contributed by atoms with Crippen molar-refractivity contribution in [2.24, 2.45) is 0 Å². The summed E-state index contributed by atoms with van der Waals surface area (Å²) >= 11 is 0. The minimum Gasteiger partial charge on any atom is -0.497 e. The van der Waals surface area contributed by atoms with Crippen molar-refractivity contribution in [2.75, 3.05) is 25.2 Å². The maximum absolute atomic E-state index is 13.1. The Hall–Kier alpha value is -2.34. The van der Waals surface area contributed by atoms with Gasteiger partial charge in [-0.25, -0.2) is 8.42 Å². The molecule has 1 aliphatic heterocycles. The summed E-state index contributed by atoms with van der Waals surface area (Å²) in [5.74, 6) is 0.641. The average molecular weight is 373 g/mol. The Kier molecular flexibility index (Phi) is 5.61. The first-order chi connectivity index (χ1) is 12.5. The van der Waals surface area contributed by atoms with E-state index in [-0.39, 0.29) is 23.5 Å². The van der Waals surface area contributed by atoms with Gasteiger partial charge in [-0.3, -0.25) is 4.79 Å². The molecule has 3 rings (SSSR count). The van der Waals surface area contributed by atoms with E-state index in [0.29, 0.717) is 30.7 Å². The van der Waals surface area contributed by atoms with E-state index in [1.54, 1.807) is 36.3 Å². The molecular weight excluding hydrogens is 350 g/mol. The number of hydrogen-bond acceptors (Lipinski definition) is 4. The predicted octanol–water partition coefficient (Wildman–Crippen LogP) is 2.57. The van der Waals surface area contributed by atoms with Crippen LogP contribution in [-0.4, -0.2) is 50.4 Å². The molecule has 0 N–H and O–H groups in total. The van der Waals surface area contributed by atoms with Crippen molar-refractivity contribution in [1.82, 2.24) is 4.90 Å². The zero-order valence-electron chi connectivity index (χ0n) is 14.8. The SMILES string of the molecule is COc1cccc(C(=O)N(CCc2ccccc2)[C@@H]2CCS(=O)(=O)C2)c1. The van der Waals surface area contributed by atoms with Crippen LogP contribution >= 0.6 is 0 Å². The lowest BCUT2D eigenvalue weighted by Gasteiger charge is -2.28. The first kappa shape index (κ1) is 18.5. The monoisotopic (exact) mass is 373 g/mol. The molecule has 138 valence electrons. The number of sulfone groups is 1. The van der Waals surface area contributed by atoms with E-state index in [0.717, 1.165) is 5.56 Å². The van der Waals surface area contributed by atoms with E-state index in [2.05, 4.69) is 0 Å². The van der Waals surface area contributed by atoms with Crippen LogP contribution in [0.2, 0.25) is 0 Å². The van der Waals surface area contributed by atoms with Crippen LogP contribution in [0.5, 0.6) is 5.75 Å². The highest BCUT2D eigenvalue weighted by atomic mass is 32.2. The van der Waals surface area contributed by atoms with Crippen LogP contribution in [0.1, 0.15) is 22.3 Å². The summed E-state index contributed by atoms with van der Waals surface area (Å²) in [6.07, 6.45) is 1.18. The topological polar surface area (TPSA) is 63.7 Å². The van der Waals surface area contributed by atoms with E-state index in [9.17, 15) is 13.2 Å². The number of carbonyl (C=O) groups excluding carboxylic acids is 1. The van der Waals surface area contributed by atoms with Gasteiger partial charge in [0.25, 0.3) is 5.91 Å². The molecule has 0 unspecified atom stereocenters. The molecule has 0 saturated carbocycles. The van der Waals surface area contributed by atoms with E-state index in [1.807, 2.05) is 30.3 Å². The van der Waals surface area contributed by atoms with Crippen LogP contribution < -0.4 is 4.74 Å². The standard InChI is InChI=1S/C20H23NO4S/c1-25-19-9-5-8-17(14-19)20(22)21(18-11-13-26(23,24)15-18)12-10-16-6-3-2-4-7-16/h2-9,14,18H,10-13,15H2,1H3/t18-/m1/s1. The van der Waals surface area contributed by atoms with E-state index in [1.165, 1.54) is 0 Å². The van der Waals surface area contributed by atoms with Crippen LogP contribution in [0.15, 0.2) is 54.6 Å². The van der Waals surface area contributed by atoms with Crippen molar-refractivity contribution in [2.45, 2.75) is 18.9 Å². The lowest BCUT2D eigenvalue weighted by Crippen LogP contribution is -2.42. The van der Waals surface area contributed by atoms with Crippen molar-refractivity contribution >= 4 is 15.7 Å². The smallest absolute Gasteiger partial charge is 0.254 e. The van der Waals surface area contributed by atoms with Crippen molar-refractivity contribution < 1.29 is 17.9 Å². The Labute approximate surface area is 154 Å². The summed E-state index contributed by atoms with van der Waals surface area (Å²) in [6, 6.07) is 16.6. The summed E-state index contributed by atoms with van der Waals surface area (Å²) in [5, 5.41) is 0. The van der Waals surface area contributed by atoms with Crippen LogP contribution in [0.3, 0.4) is 0 Å². The number of ether oxygens (including phenoxy) is 1. The van der Waals surface area contributed by atoms with Gasteiger partial charge in [0.15, 0.2) is 9.84 Å². The van der Waals surface area contributed by atoms with Gasteiger partial charge in [0, 0.05) is 18.2 Å². The van der Waals surface area contributed by atoms with Crippen molar-refractivity contribution in [3.63, 3.8) is 0 Å². The molecule has 1 fully saturated rings. The molecule has 1 aliphatic rings. The highest BCUT2D eigenvalue weighted by Crippen LogP contribution is 2.22. The fourth-order valence-electron chi connectivity index (χ4n) is 3.29. The molecule has 0 aromatic heterocycles. The van der Waals surface area contributed by atoms with Crippen LogP contribution in [0.25, 0.3) is 0 Å². The van der Waals surface area contributed by atoms with Gasteiger partial charge < -0.3 is 9.64 Å². The second-order valence-corrected chi connectivity index (χ2v) is 8.75. The van der Waals surface area contributed by atoms with Gasteiger partial charge in [-0.05, 0) is 36.6 Å². The molecule has 1 amide bonds. The first-order valence-electron chi connectivity index (χ1n) is 8.68. The molecule has 0 aliphatic carbocycles. The number of rotatable bonds is 6. The van der Waals surface area contributed by atoms with Crippen molar-refractivity contribution in [3.8, 4) is 5.75 Å². The van der Waals surface area contributed by atoms with Crippen LogP contribution in [0.4, 0.5) is 0 Å². The molecule has 0 bridgehead atoms. The molecule has 0 radical (unpaired) electrons. The zero-order valence-corrected chi connectivity index (χ0v) is 15.6. The number of amides is 1. The van der Waals surface area contributed by atoms with Gasteiger partial charge >= 0.3 is 0 Å². The number of hydrogen-bond donors (Lipinski definition) is 0. The molecule has 5 nitrogen and oxygen atoms in total. The molecule has 1 heterocycles. The van der Waals surface area contributed by atoms with Gasteiger partial charge in [-0.2, -0.15) is 0 Å². The largest absolute Gasteiger partial charge is 0.497 e. The molecule has 26 heavy (non-hydrogen) atoms. The maximum Gasteiger partial charge on any atom is 0.254 e. The van der Waals surface area contributed by atoms with E-state index in [4.69, 9.17) is 4.74 Å². The zero-order chi connectivity index (χ0) is 18.6. The summed E-state index contributed by atoms with van der Waals surface area (Å²) in [5.41, 5.74) is 1.64. The predicted molar refractivity (Wildman–Crippen MR) is 101 cm³/mol. The Balaban J connectivity index is 1.83. The third-order valence-corrected chi connectivity index (χ3v) is 6.46. The molecule has 2 aromatic rings. The summed E-state index contributed by atoms with van der Waals surface area (Å²) in [7, 11) is -1.51. The van der Waals surface area contributed by atoms with Gasteiger partial charge in [-0.15, -0.1) is 0 Å². The number of methoxy groups -OCH3 is 1. The van der Waals surface area contributed by atoms with Crippen molar-refractivity contribution in [1.29, 1.82) is 0 Å². The minimum atomic E-state index is -3.07. The molecule has 1 saturated heterocycles. The summed E-state index contributed by atoms with van der Waals surface area (Å²) in [6.45, 7) is 0.486. The number of carbonyl (C=O) groups is 1. The lowest BCUT2D eigenvalue weighted by atomic mass is 10.1. The van der Waals surface area contributed by atoms with E-state index >= 15 is 0 Å². The highest BCUT2D eigenvalue weighted by molar-refractivity contribution is 7.91. The maximum atomic E-state index is 13.1. The normalized spacial score (nSPS) is 18.4. The molecule has 1 atom stereocenters. The third kappa shape index (κ3) is 4.43. The fourth-order valence-corrected chi connectivity index (χ4v) is 5.02. The third-order valence-electron chi connectivity index (χ3n) is 4.71. The molecule has 6 heteroatoms. The Morgan fingerprint density at radius 3 is 2.58 bits per heavy atom. The lowest BCUT2D eigenvalue weighted by molar-refractivity contribution is 0.0699. The quantitative estimate of drug-likeness (QED) is 0.781.